The predicted molar refractivity (Wildman–Crippen MR) is 82.7 cm³/mol. The van der Waals surface area contributed by atoms with Crippen molar-refractivity contribution >= 4 is 17.3 Å². The molecule has 0 saturated heterocycles. The summed E-state index contributed by atoms with van der Waals surface area (Å²) in [4.78, 5) is 0. The van der Waals surface area contributed by atoms with E-state index in [0.29, 0.717) is 11.7 Å². The highest BCUT2D eigenvalue weighted by Crippen LogP contribution is 2.17. The summed E-state index contributed by atoms with van der Waals surface area (Å²) in [5, 5.41) is 6.95. The molecule has 0 bridgehead atoms. The van der Waals surface area contributed by atoms with Crippen LogP contribution >= 0.6 is 12.2 Å². The highest BCUT2D eigenvalue weighted by atomic mass is 32.1. The number of thiocarbonyl (C=S) groups is 1. The van der Waals surface area contributed by atoms with Gasteiger partial charge in [-0.25, -0.2) is 0 Å². The number of hydrogen-bond acceptors (Lipinski definition) is 3. The summed E-state index contributed by atoms with van der Waals surface area (Å²) in [6, 6.07) is 11.8. The van der Waals surface area contributed by atoms with Gasteiger partial charge >= 0.3 is 0 Å². The van der Waals surface area contributed by atoms with Gasteiger partial charge in [0.1, 0.15) is 11.5 Å². The number of rotatable bonds is 5. The van der Waals surface area contributed by atoms with Crippen molar-refractivity contribution in [1.82, 2.24) is 10.6 Å². The first-order valence-electron chi connectivity index (χ1n) is 6.39. The molecule has 0 radical (unpaired) electrons. The number of hydrogen-bond donors (Lipinski definition) is 2. The fourth-order valence-corrected chi connectivity index (χ4v) is 2.05. The molecule has 0 amide bonds. The first-order chi connectivity index (χ1) is 9.69. The van der Waals surface area contributed by atoms with E-state index in [2.05, 4.69) is 17.6 Å². The monoisotopic (exact) mass is 290 g/mol. The highest BCUT2D eigenvalue weighted by Gasteiger charge is 2.07. The van der Waals surface area contributed by atoms with E-state index in [1.165, 1.54) is 0 Å². The maximum atomic E-state index is 5.26. The minimum absolute atomic E-state index is 0.123. The third kappa shape index (κ3) is 3.99. The lowest BCUT2D eigenvalue weighted by molar-refractivity contribution is 0.414. The van der Waals surface area contributed by atoms with Crippen molar-refractivity contribution in [2.24, 2.45) is 0 Å². The Labute approximate surface area is 124 Å². The van der Waals surface area contributed by atoms with Crippen LogP contribution in [0, 0.1) is 0 Å². The minimum atomic E-state index is 0.123. The van der Waals surface area contributed by atoms with Crippen LogP contribution in [-0.4, -0.2) is 12.2 Å². The third-order valence-electron chi connectivity index (χ3n) is 2.97. The van der Waals surface area contributed by atoms with E-state index in [1.54, 1.807) is 13.4 Å². The Morgan fingerprint density at radius 2 is 2.05 bits per heavy atom. The van der Waals surface area contributed by atoms with Crippen molar-refractivity contribution in [3.8, 4) is 5.75 Å². The zero-order valence-electron chi connectivity index (χ0n) is 11.6. The van der Waals surface area contributed by atoms with Gasteiger partial charge in [0.05, 0.1) is 26.0 Å². The minimum Gasteiger partial charge on any atom is -0.497 e. The van der Waals surface area contributed by atoms with Gasteiger partial charge in [0, 0.05) is 0 Å². The molecule has 1 unspecified atom stereocenters. The van der Waals surface area contributed by atoms with E-state index in [1.807, 2.05) is 36.4 Å². The zero-order chi connectivity index (χ0) is 14.4. The van der Waals surface area contributed by atoms with Gasteiger partial charge in [-0.15, -0.1) is 0 Å². The number of ether oxygens (including phenoxy) is 1. The smallest absolute Gasteiger partial charge is 0.167 e. The molecule has 0 aliphatic heterocycles. The molecule has 5 heteroatoms. The van der Waals surface area contributed by atoms with Crippen molar-refractivity contribution in [1.29, 1.82) is 0 Å². The Balaban J connectivity index is 1.83. The number of nitrogens with one attached hydrogen (secondary N) is 2. The fraction of sp³-hybridized carbons (Fsp3) is 0.267. The second-order valence-corrected chi connectivity index (χ2v) is 4.81. The van der Waals surface area contributed by atoms with Gasteiger partial charge < -0.3 is 19.8 Å². The molecule has 1 heterocycles. The Morgan fingerprint density at radius 3 is 2.65 bits per heavy atom. The second-order valence-electron chi connectivity index (χ2n) is 4.40. The summed E-state index contributed by atoms with van der Waals surface area (Å²) in [5.74, 6) is 1.70. The molecule has 1 aromatic heterocycles. The molecule has 2 aromatic rings. The van der Waals surface area contributed by atoms with Gasteiger partial charge in [-0.1, -0.05) is 12.1 Å². The van der Waals surface area contributed by atoms with Crippen molar-refractivity contribution in [3.05, 3.63) is 54.0 Å². The van der Waals surface area contributed by atoms with Gasteiger partial charge in [0.2, 0.25) is 0 Å². The van der Waals surface area contributed by atoms with Crippen LogP contribution in [-0.2, 0) is 6.54 Å². The second kappa shape index (κ2) is 6.96. The van der Waals surface area contributed by atoms with E-state index >= 15 is 0 Å². The van der Waals surface area contributed by atoms with Gasteiger partial charge in [0.25, 0.3) is 0 Å². The SMILES string of the molecule is COc1ccc(C(C)NC(=S)NCc2ccco2)cc1. The van der Waals surface area contributed by atoms with Gasteiger partial charge in [-0.05, 0) is 49.0 Å². The molecule has 0 spiro atoms. The van der Waals surface area contributed by atoms with Gasteiger partial charge in [-0.2, -0.15) is 0 Å². The maximum Gasteiger partial charge on any atom is 0.167 e. The van der Waals surface area contributed by atoms with Crippen LogP contribution in [0.3, 0.4) is 0 Å². The molecule has 2 rings (SSSR count). The van der Waals surface area contributed by atoms with E-state index in [4.69, 9.17) is 21.4 Å². The topological polar surface area (TPSA) is 46.4 Å². The molecule has 1 atom stereocenters. The molecule has 20 heavy (non-hydrogen) atoms. The molecule has 0 aliphatic carbocycles. The molecule has 0 fully saturated rings. The molecule has 106 valence electrons. The number of benzene rings is 1. The Bertz CT molecular complexity index is 538. The first-order valence-corrected chi connectivity index (χ1v) is 6.80. The Kier molecular flexibility index (Phi) is 5.01. The molecule has 2 N–H and O–H groups in total. The summed E-state index contributed by atoms with van der Waals surface area (Å²) in [6.07, 6.45) is 1.65. The number of methoxy groups -OCH3 is 1. The lowest BCUT2D eigenvalue weighted by Gasteiger charge is -2.17. The standard InChI is InChI=1S/C15H18N2O2S/c1-11(12-5-7-13(18-2)8-6-12)17-15(20)16-10-14-4-3-9-19-14/h3-9,11H,10H2,1-2H3,(H2,16,17,20). The first kappa shape index (κ1) is 14.4. The fourth-order valence-electron chi connectivity index (χ4n) is 1.80. The summed E-state index contributed by atoms with van der Waals surface area (Å²) in [5.41, 5.74) is 1.15. The van der Waals surface area contributed by atoms with Crippen LogP contribution in [0.4, 0.5) is 0 Å². The van der Waals surface area contributed by atoms with Crippen LogP contribution in [0.1, 0.15) is 24.3 Å². The molecule has 0 saturated carbocycles. The lowest BCUT2D eigenvalue weighted by atomic mass is 10.1. The van der Waals surface area contributed by atoms with E-state index < -0.39 is 0 Å². The van der Waals surface area contributed by atoms with Gasteiger partial charge in [-0.3, -0.25) is 0 Å². The quantitative estimate of drug-likeness (QED) is 0.829. The summed E-state index contributed by atoms with van der Waals surface area (Å²) < 4.78 is 10.4. The van der Waals surface area contributed by atoms with E-state index in [0.717, 1.165) is 17.1 Å². The van der Waals surface area contributed by atoms with Crippen molar-refractivity contribution in [2.75, 3.05) is 7.11 Å². The molecular formula is C15H18N2O2S. The average molecular weight is 290 g/mol. The Morgan fingerprint density at radius 1 is 1.30 bits per heavy atom. The average Bonchev–Trinajstić information content (AvgIpc) is 2.98. The largest absolute Gasteiger partial charge is 0.497 e. The lowest BCUT2D eigenvalue weighted by Crippen LogP contribution is -2.36. The summed E-state index contributed by atoms with van der Waals surface area (Å²) in [7, 11) is 1.66. The summed E-state index contributed by atoms with van der Waals surface area (Å²) in [6.45, 7) is 2.64. The Hall–Kier alpha value is -2.01. The van der Waals surface area contributed by atoms with Crippen LogP contribution in [0.25, 0.3) is 0 Å². The van der Waals surface area contributed by atoms with E-state index in [9.17, 15) is 0 Å². The van der Waals surface area contributed by atoms with Crippen molar-refractivity contribution in [3.63, 3.8) is 0 Å². The third-order valence-corrected chi connectivity index (χ3v) is 3.23. The van der Waals surface area contributed by atoms with Crippen LogP contribution in [0.15, 0.2) is 47.1 Å². The predicted octanol–water partition coefficient (Wildman–Crippen LogP) is 3.01. The number of furan rings is 1. The normalized spacial score (nSPS) is 11.7. The van der Waals surface area contributed by atoms with Crippen molar-refractivity contribution in [2.45, 2.75) is 19.5 Å². The van der Waals surface area contributed by atoms with E-state index in [-0.39, 0.29) is 6.04 Å². The highest BCUT2D eigenvalue weighted by molar-refractivity contribution is 7.80. The zero-order valence-corrected chi connectivity index (χ0v) is 12.4. The molecule has 1 aromatic carbocycles. The molecule has 4 nitrogen and oxygen atoms in total. The van der Waals surface area contributed by atoms with Gasteiger partial charge in [0.15, 0.2) is 5.11 Å². The van der Waals surface area contributed by atoms with Crippen LogP contribution in [0.5, 0.6) is 5.75 Å². The summed E-state index contributed by atoms with van der Waals surface area (Å²) >= 11 is 5.26. The maximum absolute atomic E-state index is 5.26. The van der Waals surface area contributed by atoms with Crippen LogP contribution in [0.2, 0.25) is 0 Å². The van der Waals surface area contributed by atoms with Crippen molar-refractivity contribution < 1.29 is 9.15 Å². The molecular weight excluding hydrogens is 272 g/mol. The molecule has 0 aliphatic rings. The van der Waals surface area contributed by atoms with Crippen LogP contribution < -0.4 is 15.4 Å².